The second-order valence-corrected chi connectivity index (χ2v) is 6.42. The molecule has 0 heterocycles. The molecular formula is C14H16N2. The summed E-state index contributed by atoms with van der Waals surface area (Å²) in [5.74, 6) is 5.37. The van der Waals surface area contributed by atoms with Crippen LogP contribution in [-0.4, -0.2) is 0 Å². The third-order valence-corrected chi connectivity index (χ3v) is 6.15. The summed E-state index contributed by atoms with van der Waals surface area (Å²) in [6.45, 7) is 0. The van der Waals surface area contributed by atoms with E-state index < -0.39 is 0 Å². The predicted molar refractivity (Wildman–Crippen MR) is 57.6 cm³/mol. The molecule has 8 unspecified atom stereocenters. The van der Waals surface area contributed by atoms with Gasteiger partial charge < -0.3 is 0 Å². The maximum Gasteiger partial charge on any atom is 0.0658 e. The summed E-state index contributed by atoms with van der Waals surface area (Å²) in [4.78, 5) is 0. The van der Waals surface area contributed by atoms with Gasteiger partial charge in [0.1, 0.15) is 0 Å². The smallest absolute Gasteiger partial charge is 0.0658 e. The molecule has 4 saturated carbocycles. The lowest BCUT2D eigenvalue weighted by Gasteiger charge is -2.38. The minimum atomic E-state index is 0.353. The van der Waals surface area contributed by atoms with Crippen LogP contribution in [0.2, 0.25) is 0 Å². The van der Waals surface area contributed by atoms with E-state index in [1.807, 2.05) is 0 Å². The zero-order valence-corrected chi connectivity index (χ0v) is 9.34. The van der Waals surface area contributed by atoms with E-state index in [-0.39, 0.29) is 0 Å². The molecule has 4 rings (SSSR count). The molecule has 0 spiro atoms. The van der Waals surface area contributed by atoms with Gasteiger partial charge in [-0.1, -0.05) is 0 Å². The Balaban J connectivity index is 1.68. The molecule has 82 valence electrons. The Morgan fingerprint density at radius 1 is 0.688 bits per heavy atom. The molecule has 2 heteroatoms. The Hall–Kier alpha value is -1.02. The van der Waals surface area contributed by atoms with Crippen molar-refractivity contribution in [1.29, 1.82) is 10.5 Å². The van der Waals surface area contributed by atoms with Crippen LogP contribution < -0.4 is 0 Å². The summed E-state index contributed by atoms with van der Waals surface area (Å²) in [5.41, 5.74) is 0. The van der Waals surface area contributed by atoms with Crippen molar-refractivity contribution in [1.82, 2.24) is 0 Å². The molecule has 0 saturated heterocycles. The Morgan fingerprint density at radius 3 is 1.50 bits per heavy atom. The number of hydrogen-bond donors (Lipinski definition) is 0. The van der Waals surface area contributed by atoms with E-state index in [0.29, 0.717) is 23.7 Å². The lowest BCUT2D eigenvalue weighted by atomic mass is 9.65. The first kappa shape index (κ1) is 9.06. The Labute approximate surface area is 96.2 Å². The zero-order chi connectivity index (χ0) is 10.9. The van der Waals surface area contributed by atoms with E-state index >= 15 is 0 Å². The van der Waals surface area contributed by atoms with Crippen LogP contribution in [-0.2, 0) is 0 Å². The molecule has 4 aliphatic carbocycles. The lowest BCUT2D eigenvalue weighted by molar-refractivity contribution is 0.105. The Kier molecular flexibility index (Phi) is 1.59. The number of fused-ring (bicyclic) bond motifs is 9. The van der Waals surface area contributed by atoms with Crippen molar-refractivity contribution in [2.45, 2.75) is 25.7 Å². The van der Waals surface area contributed by atoms with Gasteiger partial charge in [0.15, 0.2) is 0 Å². The van der Waals surface area contributed by atoms with E-state index in [0.717, 1.165) is 36.5 Å². The minimum Gasteiger partial charge on any atom is -0.198 e. The SMILES string of the molecule is N#CC1CC2CC1C1C3CC(C#N)C(C3)C21. The summed E-state index contributed by atoms with van der Waals surface area (Å²) in [6, 6.07) is 5.06. The first-order chi connectivity index (χ1) is 7.83. The minimum absolute atomic E-state index is 0.353. The molecule has 2 nitrogen and oxygen atoms in total. The van der Waals surface area contributed by atoms with Crippen molar-refractivity contribution >= 4 is 0 Å². The molecule has 4 aliphatic rings. The van der Waals surface area contributed by atoms with Crippen LogP contribution in [0, 0.1) is 70.0 Å². The summed E-state index contributed by atoms with van der Waals surface area (Å²) < 4.78 is 0. The van der Waals surface area contributed by atoms with Crippen molar-refractivity contribution in [3.05, 3.63) is 0 Å². The third-order valence-electron chi connectivity index (χ3n) is 6.15. The van der Waals surface area contributed by atoms with Crippen LogP contribution in [0.3, 0.4) is 0 Å². The summed E-state index contributed by atoms with van der Waals surface area (Å²) in [5, 5.41) is 18.3. The molecule has 4 bridgehead atoms. The normalized spacial score (nSPS) is 60.6. The molecular weight excluding hydrogens is 196 g/mol. The van der Waals surface area contributed by atoms with Crippen LogP contribution >= 0.6 is 0 Å². The highest BCUT2D eigenvalue weighted by atomic mass is 14.7. The van der Waals surface area contributed by atoms with E-state index in [1.54, 1.807) is 0 Å². The van der Waals surface area contributed by atoms with Gasteiger partial charge >= 0.3 is 0 Å². The average molecular weight is 212 g/mol. The molecule has 0 aliphatic heterocycles. The van der Waals surface area contributed by atoms with E-state index in [2.05, 4.69) is 12.1 Å². The molecule has 0 aromatic rings. The molecule has 4 fully saturated rings. The monoisotopic (exact) mass is 212 g/mol. The van der Waals surface area contributed by atoms with Crippen molar-refractivity contribution in [2.24, 2.45) is 47.3 Å². The van der Waals surface area contributed by atoms with Crippen LogP contribution in [0.4, 0.5) is 0 Å². The second-order valence-electron chi connectivity index (χ2n) is 6.42. The Bertz CT molecular complexity index is 375. The van der Waals surface area contributed by atoms with Gasteiger partial charge in [0.2, 0.25) is 0 Å². The first-order valence-electron chi connectivity index (χ1n) is 6.62. The van der Waals surface area contributed by atoms with E-state index in [1.165, 1.54) is 12.8 Å². The molecule has 0 amide bonds. The molecule has 16 heavy (non-hydrogen) atoms. The highest BCUT2D eigenvalue weighted by molar-refractivity contribution is 5.17. The van der Waals surface area contributed by atoms with Crippen molar-refractivity contribution < 1.29 is 0 Å². The van der Waals surface area contributed by atoms with Gasteiger partial charge in [-0.3, -0.25) is 0 Å². The van der Waals surface area contributed by atoms with Gasteiger partial charge in [-0.25, -0.2) is 0 Å². The van der Waals surface area contributed by atoms with Gasteiger partial charge in [0, 0.05) is 11.8 Å². The lowest BCUT2D eigenvalue weighted by Crippen LogP contribution is -2.35. The summed E-state index contributed by atoms with van der Waals surface area (Å²) >= 11 is 0. The quantitative estimate of drug-likeness (QED) is 0.579. The maximum absolute atomic E-state index is 9.17. The zero-order valence-electron chi connectivity index (χ0n) is 9.34. The highest BCUT2D eigenvalue weighted by Gasteiger charge is 2.64. The van der Waals surface area contributed by atoms with Gasteiger partial charge in [0.25, 0.3) is 0 Å². The molecule has 0 aromatic carbocycles. The first-order valence-corrected chi connectivity index (χ1v) is 6.62. The van der Waals surface area contributed by atoms with Crippen LogP contribution in [0.25, 0.3) is 0 Å². The van der Waals surface area contributed by atoms with E-state index in [9.17, 15) is 10.5 Å². The topological polar surface area (TPSA) is 47.6 Å². The summed E-state index contributed by atoms with van der Waals surface area (Å²) in [7, 11) is 0. The Morgan fingerprint density at radius 2 is 1.12 bits per heavy atom. The fourth-order valence-corrected chi connectivity index (χ4v) is 5.90. The van der Waals surface area contributed by atoms with Crippen LogP contribution in [0.15, 0.2) is 0 Å². The molecule has 0 N–H and O–H groups in total. The van der Waals surface area contributed by atoms with Gasteiger partial charge in [-0.2, -0.15) is 10.5 Å². The largest absolute Gasteiger partial charge is 0.198 e. The second kappa shape index (κ2) is 2.80. The molecule has 8 atom stereocenters. The van der Waals surface area contributed by atoms with Gasteiger partial charge in [-0.15, -0.1) is 0 Å². The highest BCUT2D eigenvalue weighted by Crippen LogP contribution is 2.69. The average Bonchev–Trinajstić information content (AvgIpc) is 3.03. The standard InChI is InChI=1S/C14H16N2/c15-5-9-1-7-3-11(9)14-8-2-10(6-16)12(4-8)13(7)14/h7-14H,1-4H2. The molecule has 0 radical (unpaired) electrons. The van der Waals surface area contributed by atoms with Crippen LogP contribution in [0.5, 0.6) is 0 Å². The molecule has 0 aromatic heterocycles. The number of rotatable bonds is 0. The summed E-state index contributed by atoms with van der Waals surface area (Å²) in [6.07, 6.45) is 4.89. The van der Waals surface area contributed by atoms with Crippen molar-refractivity contribution in [3.63, 3.8) is 0 Å². The predicted octanol–water partition coefficient (Wildman–Crippen LogP) is 2.58. The van der Waals surface area contributed by atoms with Crippen LogP contribution in [0.1, 0.15) is 25.7 Å². The van der Waals surface area contributed by atoms with Crippen molar-refractivity contribution in [3.8, 4) is 12.1 Å². The number of nitriles is 2. The van der Waals surface area contributed by atoms with Crippen molar-refractivity contribution in [2.75, 3.05) is 0 Å². The maximum atomic E-state index is 9.17. The fraction of sp³-hybridized carbons (Fsp3) is 0.857. The third kappa shape index (κ3) is 0.844. The van der Waals surface area contributed by atoms with Gasteiger partial charge in [0.05, 0.1) is 12.1 Å². The fourth-order valence-electron chi connectivity index (χ4n) is 5.90. The number of hydrogen-bond acceptors (Lipinski definition) is 2. The number of nitrogens with zero attached hydrogens (tertiary/aromatic N) is 2. The van der Waals surface area contributed by atoms with E-state index in [4.69, 9.17) is 0 Å². The van der Waals surface area contributed by atoms with Gasteiger partial charge in [-0.05, 0) is 61.2 Å².